The van der Waals surface area contributed by atoms with E-state index >= 15 is 0 Å². The largest absolute Gasteiger partial charge is 0.436 e. The molecule has 2 N–H and O–H groups in total. The van der Waals surface area contributed by atoms with E-state index in [0.717, 1.165) is 12.1 Å². The summed E-state index contributed by atoms with van der Waals surface area (Å²) in [5.74, 6) is 0.0602. The summed E-state index contributed by atoms with van der Waals surface area (Å²) < 4.78 is 43.8. The van der Waals surface area contributed by atoms with Crippen molar-refractivity contribution in [3.8, 4) is 11.5 Å². The van der Waals surface area contributed by atoms with Crippen LogP contribution in [-0.2, 0) is 6.18 Å². The molecule has 7 heteroatoms. The van der Waals surface area contributed by atoms with Crippen molar-refractivity contribution in [2.75, 3.05) is 5.73 Å². The van der Waals surface area contributed by atoms with Crippen LogP contribution in [0.15, 0.2) is 40.8 Å². The van der Waals surface area contributed by atoms with Crippen LogP contribution in [0.4, 0.5) is 18.9 Å². The Balaban J connectivity index is 2.16. The van der Waals surface area contributed by atoms with Gasteiger partial charge in [-0.1, -0.05) is 11.6 Å². The molecule has 3 aromatic rings. The highest BCUT2D eigenvalue weighted by atomic mass is 35.5. The first-order valence-corrected chi connectivity index (χ1v) is 6.25. The maximum Gasteiger partial charge on any atom is 0.416 e. The van der Waals surface area contributed by atoms with Crippen LogP contribution in [0.2, 0.25) is 5.02 Å². The molecule has 3 nitrogen and oxygen atoms in total. The lowest BCUT2D eigenvalue weighted by Gasteiger charge is -2.08. The number of halogens is 4. The van der Waals surface area contributed by atoms with Gasteiger partial charge in [0.2, 0.25) is 5.89 Å². The minimum atomic E-state index is -4.49. The van der Waals surface area contributed by atoms with Crippen molar-refractivity contribution in [3.63, 3.8) is 0 Å². The normalized spacial score (nSPS) is 12.0. The summed E-state index contributed by atoms with van der Waals surface area (Å²) in [6.07, 6.45) is -4.49. The van der Waals surface area contributed by atoms with Crippen molar-refractivity contribution in [3.05, 3.63) is 47.0 Å². The van der Waals surface area contributed by atoms with Crippen molar-refractivity contribution in [1.29, 1.82) is 0 Å². The smallest absolute Gasteiger partial charge is 0.416 e. The van der Waals surface area contributed by atoms with Gasteiger partial charge in [-0.05, 0) is 30.3 Å². The van der Waals surface area contributed by atoms with E-state index in [0.29, 0.717) is 16.1 Å². The fraction of sp³-hybridized carbons (Fsp3) is 0.0714. The Hall–Kier alpha value is -2.21. The number of hydrogen-bond acceptors (Lipinski definition) is 3. The van der Waals surface area contributed by atoms with Gasteiger partial charge in [-0.2, -0.15) is 13.2 Å². The molecule has 108 valence electrons. The molecule has 0 aliphatic carbocycles. The summed E-state index contributed by atoms with van der Waals surface area (Å²) in [4.78, 5) is 4.14. The van der Waals surface area contributed by atoms with Gasteiger partial charge < -0.3 is 10.2 Å². The summed E-state index contributed by atoms with van der Waals surface area (Å²) in [7, 11) is 0. The van der Waals surface area contributed by atoms with Crippen molar-refractivity contribution in [2.24, 2.45) is 0 Å². The summed E-state index contributed by atoms with van der Waals surface area (Å²) in [5.41, 5.74) is 5.72. The monoisotopic (exact) mass is 312 g/mol. The molecular weight excluding hydrogens is 305 g/mol. The average molecular weight is 313 g/mol. The SMILES string of the molecule is Nc1cc(-c2nc3ccc(Cl)cc3o2)cc(C(F)(F)F)c1. The summed E-state index contributed by atoms with van der Waals surface area (Å²) in [5, 5.41) is 0.453. The molecule has 0 aliphatic rings. The fourth-order valence-corrected chi connectivity index (χ4v) is 2.12. The van der Waals surface area contributed by atoms with Gasteiger partial charge in [0.1, 0.15) is 5.52 Å². The molecule has 0 spiro atoms. The zero-order chi connectivity index (χ0) is 15.2. The lowest BCUT2D eigenvalue weighted by atomic mass is 10.1. The van der Waals surface area contributed by atoms with Gasteiger partial charge in [0, 0.05) is 22.3 Å². The van der Waals surface area contributed by atoms with Crippen LogP contribution in [0.3, 0.4) is 0 Å². The number of oxazole rings is 1. The van der Waals surface area contributed by atoms with Crippen LogP contribution in [-0.4, -0.2) is 4.98 Å². The van der Waals surface area contributed by atoms with Crippen molar-refractivity contribution in [2.45, 2.75) is 6.18 Å². The van der Waals surface area contributed by atoms with Gasteiger partial charge in [-0.25, -0.2) is 4.98 Å². The Morgan fingerprint density at radius 2 is 1.86 bits per heavy atom. The van der Waals surface area contributed by atoms with E-state index in [-0.39, 0.29) is 17.1 Å². The van der Waals surface area contributed by atoms with Crippen LogP contribution >= 0.6 is 11.6 Å². The number of benzene rings is 2. The Labute approximate surface area is 122 Å². The van der Waals surface area contributed by atoms with Crippen molar-refractivity contribution < 1.29 is 17.6 Å². The third-order valence-electron chi connectivity index (χ3n) is 2.88. The average Bonchev–Trinajstić information content (AvgIpc) is 2.80. The lowest BCUT2D eigenvalue weighted by Crippen LogP contribution is -2.06. The van der Waals surface area contributed by atoms with Gasteiger partial charge in [0.05, 0.1) is 5.56 Å². The molecule has 0 bridgehead atoms. The second-order valence-electron chi connectivity index (χ2n) is 4.47. The molecule has 3 rings (SSSR count). The van der Waals surface area contributed by atoms with E-state index in [4.69, 9.17) is 21.8 Å². The molecule has 21 heavy (non-hydrogen) atoms. The maximum absolute atomic E-state index is 12.8. The molecule has 0 fully saturated rings. The molecular formula is C14H8ClF3N2O. The van der Waals surface area contributed by atoms with Crippen LogP contribution < -0.4 is 5.73 Å². The zero-order valence-corrected chi connectivity index (χ0v) is 11.2. The van der Waals surface area contributed by atoms with Gasteiger partial charge in [-0.15, -0.1) is 0 Å². The number of nitrogens with zero attached hydrogens (tertiary/aromatic N) is 1. The highest BCUT2D eigenvalue weighted by molar-refractivity contribution is 6.31. The zero-order valence-electron chi connectivity index (χ0n) is 10.4. The molecule has 0 saturated carbocycles. The fourth-order valence-electron chi connectivity index (χ4n) is 1.96. The first-order chi connectivity index (χ1) is 9.83. The van der Waals surface area contributed by atoms with E-state index in [1.165, 1.54) is 6.07 Å². The van der Waals surface area contributed by atoms with E-state index in [9.17, 15) is 13.2 Å². The van der Waals surface area contributed by atoms with Crippen LogP contribution in [0, 0.1) is 0 Å². The summed E-state index contributed by atoms with van der Waals surface area (Å²) in [6.45, 7) is 0. The van der Waals surface area contributed by atoms with Crippen LogP contribution in [0.1, 0.15) is 5.56 Å². The van der Waals surface area contributed by atoms with E-state index < -0.39 is 11.7 Å². The molecule has 0 atom stereocenters. The topological polar surface area (TPSA) is 52.0 Å². The van der Waals surface area contributed by atoms with E-state index in [2.05, 4.69) is 4.98 Å². The number of fused-ring (bicyclic) bond motifs is 1. The second kappa shape index (κ2) is 4.66. The number of aromatic nitrogens is 1. The standard InChI is InChI=1S/C14H8ClF3N2O/c15-9-1-2-11-12(6-9)21-13(20-11)7-3-8(14(16,17)18)5-10(19)4-7/h1-6H,19H2. The Morgan fingerprint density at radius 1 is 1.10 bits per heavy atom. The van der Waals surface area contributed by atoms with Crippen LogP contribution in [0.5, 0.6) is 0 Å². The van der Waals surface area contributed by atoms with Gasteiger partial charge >= 0.3 is 6.18 Å². The molecule has 0 amide bonds. The van der Waals surface area contributed by atoms with E-state index in [1.807, 2.05) is 0 Å². The molecule has 2 aromatic carbocycles. The summed E-state index contributed by atoms with van der Waals surface area (Å²) >= 11 is 5.83. The molecule has 0 unspecified atom stereocenters. The number of nitrogens with two attached hydrogens (primary N) is 1. The van der Waals surface area contributed by atoms with Crippen molar-refractivity contribution >= 4 is 28.4 Å². The number of anilines is 1. The quantitative estimate of drug-likeness (QED) is 0.660. The van der Waals surface area contributed by atoms with Crippen LogP contribution in [0.25, 0.3) is 22.6 Å². The minimum absolute atomic E-state index is 0.0138. The van der Waals surface area contributed by atoms with Gasteiger partial charge in [-0.3, -0.25) is 0 Å². The van der Waals surface area contributed by atoms with E-state index in [1.54, 1.807) is 18.2 Å². The predicted molar refractivity (Wildman–Crippen MR) is 73.9 cm³/mol. The maximum atomic E-state index is 12.8. The Bertz CT molecular complexity index is 827. The molecule has 0 saturated heterocycles. The Kier molecular flexibility index (Phi) is 3.06. The minimum Gasteiger partial charge on any atom is -0.436 e. The van der Waals surface area contributed by atoms with Gasteiger partial charge in [0.25, 0.3) is 0 Å². The molecule has 1 heterocycles. The first kappa shape index (κ1) is 13.8. The second-order valence-corrected chi connectivity index (χ2v) is 4.91. The first-order valence-electron chi connectivity index (χ1n) is 5.87. The Morgan fingerprint density at radius 3 is 2.57 bits per heavy atom. The third-order valence-corrected chi connectivity index (χ3v) is 3.12. The molecule has 0 radical (unpaired) electrons. The number of nitrogen functional groups attached to an aromatic ring is 1. The van der Waals surface area contributed by atoms with Crippen molar-refractivity contribution in [1.82, 2.24) is 4.98 Å². The molecule has 1 aromatic heterocycles. The summed E-state index contributed by atoms with van der Waals surface area (Å²) in [6, 6.07) is 7.98. The lowest BCUT2D eigenvalue weighted by molar-refractivity contribution is -0.137. The number of rotatable bonds is 1. The predicted octanol–water partition coefficient (Wildman–Crippen LogP) is 4.75. The number of hydrogen-bond donors (Lipinski definition) is 1. The highest BCUT2D eigenvalue weighted by Gasteiger charge is 2.31. The van der Waals surface area contributed by atoms with Gasteiger partial charge in [0.15, 0.2) is 5.58 Å². The molecule has 0 aliphatic heterocycles. The number of alkyl halides is 3. The highest BCUT2D eigenvalue weighted by Crippen LogP contribution is 2.35. The third kappa shape index (κ3) is 2.67.